The summed E-state index contributed by atoms with van der Waals surface area (Å²) in [5, 5.41) is 15.8. The van der Waals surface area contributed by atoms with Gasteiger partial charge >= 0.3 is 0 Å². The third-order valence-electron chi connectivity index (χ3n) is 5.08. The predicted molar refractivity (Wildman–Crippen MR) is 119 cm³/mol. The van der Waals surface area contributed by atoms with E-state index in [4.69, 9.17) is 19.7 Å². The van der Waals surface area contributed by atoms with Gasteiger partial charge in [0.2, 0.25) is 0 Å². The number of nitrogens with one attached hydrogen (secondary N) is 2. The minimum Gasteiger partial charge on any atom is -0.497 e. The molecule has 0 radical (unpaired) electrons. The molecule has 0 aliphatic carbocycles. The molecular formula is C23H29N5O2. The molecule has 0 amide bonds. The number of rotatable bonds is 7. The maximum absolute atomic E-state index is 8.92. The Balaban J connectivity index is 1.63. The first-order valence-electron chi connectivity index (χ1n) is 10.2. The van der Waals surface area contributed by atoms with Gasteiger partial charge in [-0.3, -0.25) is 0 Å². The first kappa shape index (κ1) is 21.3. The third-order valence-corrected chi connectivity index (χ3v) is 5.08. The monoisotopic (exact) mass is 407 g/mol. The molecule has 1 saturated heterocycles. The molecule has 1 aliphatic heterocycles. The summed E-state index contributed by atoms with van der Waals surface area (Å²) in [4.78, 5) is 7.03. The quantitative estimate of drug-likeness (QED) is 0.543. The molecule has 3 rings (SSSR count). The van der Waals surface area contributed by atoms with Gasteiger partial charge in [0.05, 0.1) is 32.4 Å². The van der Waals surface area contributed by atoms with Crippen LogP contribution in [0.4, 0.5) is 5.69 Å². The van der Waals surface area contributed by atoms with Crippen LogP contribution in [0.25, 0.3) is 0 Å². The van der Waals surface area contributed by atoms with Crippen molar-refractivity contribution in [3.8, 4) is 17.6 Å². The van der Waals surface area contributed by atoms with Crippen LogP contribution in [0.2, 0.25) is 0 Å². The minimum atomic E-state index is 0.293. The molecular weight excluding hydrogens is 378 g/mol. The number of nitrogens with zero attached hydrogens (tertiary/aromatic N) is 3. The molecule has 0 spiro atoms. The molecule has 7 nitrogen and oxygen atoms in total. The van der Waals surface area contributed by atoms with Crippen molar-refractivity contribution in [2.75, 3.05) is 38.8 Å². The van der Waals surface area contributed by atoms with E-state index in [0.29, 0.717) is 18.2 Å². The molecule has 2 aromatic carbocycles. The lowest BCUT2D eigenvalue weighted by Gasteiger charge is -2.21. The second-order valence-corrected chi connectivity index (χ2v) is 7.15. The summed E-state index contributed by atoms with van der Waals surface area (Å²) in [5.41, 5.74) is 2.82. The van der Waals surface area contributed by atoms with Crippen LogP contribution in [0, 0.1) is 11.3 Å². The van der Waals surface area contributed by atoms with Crippen molar-refractivity contribution in [1.82, 2.24) is 10.6 Å². The van der Waals surface area contributed by atoms with E-state index in [1.165, 1.54) is 0 Å². The lowest BCUT2D eigenvalue weighted by atomic mass is 10.1. The van der Waals surface area contributed by atoms with E-state index in [-0.39, 0.29) is 0 Å². The number of nitriles is 1. The zero-order chi connectivity index (χ0) is 21.3. The first-order valence-corrected chi connectivity index (χ1v) is 10.2. The van der Waals surface area contributed by atoms with E-state index in [1.54, 1.807) is 14.2 Å². The molecule has 2 aromatic rings. The van der Waals surface area contributed by atoms with Gasteiger partial charge in [-0.2, -0.15) is 5.26 Å². The minimum absolute atomic E-state index is 0.293. The van der Waals surface area contributed by atoms with Gasteiger partial charge in [0.1, 0.15) is 11.5 Å². The molecule has 1 heterocycles. The van der Waals surface area contributed by atoms with Crippen molar-refractivity contribution in [3.05, 3.63) is 53.6 Å². The average molecular weight is 408 g/mol. The maximum atomic E-state index is 8.92. The van der Waals surface area contributed by atoms with E-state index < -0.39 is 0 Å². The number of guanidine groups is 1. The van der Waals surface area contributed by atoms with Gasteiger partial charge in [-0.1, -0.05) is 12.1 Å². The van der Waals surface area contributed by atoms with E-state index in [0.717, 1.165) is 54.8 Å². The van der Waals surface area contributed by atoms with E-state index in [9.17, 15) is 0 Å². The summed E-state index contributed by atoms with van der Waals surface area (Å²) in [7, 11) is 3.33. The zero-order valence-corrected chi connectivity index (χ0v) is 17.8. The fraction of sp³-hybridized carbons (Fsp3) is 0.391. The van der Waals surface area contributed by atoms with Crippen molar-refractivity contribution in [2.24, 2.45) is 4.99 Å². The van der Waals surface area contributed by atoms with Crippen molar-refractivity contribution >= 4 is 11.6 Å². The molecule has 30 heavy (non-hydrogen) atoms. The van der Waals surface area contributed by atoms with Crippen molar-refractivity contribution in [1.29, 1.82) is 5.26 Å². The van der Waals surface area contributed by atoms with Gasteiger partial charge in [-0.15, -0.1) is 0 Å². The summed E-state index contributed by atoms with van der Waals surface area (Å²) < 4.78 is 10.8. The normalized spacial score (nSPS) is 16.1. The highest BCUT2D eigenvalue weighted by molar-refractivity contribution is 5.80. The third kappa shape index (κ3) is 5.57. The van der Waals surface area contributed by atoms with Gasteiger partial charge in [-0.25, -0.2) is 4.99 Å². The number of hydrogen-bond donors (Lipinski definition) is 2. The topological polar surface area (TPSA) is 81.9 Å². The van der Waals surface area contributed by atoms with Crippen LogP contribution < -0.4 is 25.0 Å². The Bertz CT molecular complexity index is 883. The molecule has 2 N–H and O–H groups in total. The van der Waals surface area contributed by atoms with Crippen LogP contribution in [0.1, 0.15) is 24.5 Å². The number of anilines is 1. The van der Waals surface area contributed by atoms with Gasteiger partial charge in [0.15, 0.2) is 5.96 Å². The number of hydrogen-bond acceptors (Lipinski definition) is 5. The van der Waals surface area contributed by atoms with E-state index in [2.05, 4.69) is 28.5 Å². The van der Waals surface area contributed by atoms with Crippen molar-refractivity contribution in [2.45, 2.75) is 25.9 Å². The summed E-state index contributed by atoms with van der Waals surface area (Å²) in [6.45, 7) is 5.23. The van der Waals surface area contributed by atoms with E-state index >= 15 is 0 Å². The molecule has 7 heteroatoms. The highest BCUT2D eigenvalue weighted by Crippen LogP contribution is 2.30. The Morgan fingerprint density at radius 3 is 2.47 bits per heavy atom. The number of aliphatic imine (C=N–C) groups is 1. The lowest BCUT2D eigenvalue weighted by Crippen LogP contribution is -2.44. The van der Waals surface area contributed by atoms with Crippen LogP contribution in [0.15, 0.2) is 47.5 Å². The molecule has 1 aliphatic rings. The van der Waals surface area contributed by atoms with Gasteiger partial charge in [0, 0.05) is 49.6 Å². The smallest absolute Gasteiger partial charge is 0.191 e. The molecule has 1 unspecified atom stereocenters. The standard InChI is InChI=1S/C23H29N5O2/c1-4-25-23(26-15-18-7-5-17(14-24)6-8-18)27-19-9-10-28(16-19)20-11-21(29-2)13-22(12-20)30-3/h5-8,11-13,19H,4,9-10,15-16H2,1-3H3,(H2,25,26,27). The number of benzene rings is 2. The fourth-order valence-electron chi connectivity index (χ4n) is 3.46. The SMILES string of the molecule is CCNC(=NCc1ccc(C#N)cc1)NC1CCN(c2cc(OC)cc(OC)c2)C1. The molecule has 0 saturated carbocycles. The molecule has 0 aromatic heterocycles. The molecule has 158 valence electrons. The molecule has 1 atom stereocenters. The van der Waals surface area contributed by atoms with Crippen molar-refractivity contribution in [3.63, 3.8) is 0 Å². The van der Waals surface area contributed by atoms with Crippen molar-refractivity contribution < 1.29 is 9.47 Å². The highest BCUT2D eigenvalue weighted by atomic mass is 16.5. The summed E-state index contributed by atoms with van der Waals surface area (Å²) in [5.74, 6) is 2.38. The molecule has 0 bridgehead atoms. The zero-order valence-electron chi connectivity index (χ0n) is 17.8. The van der Waals surface area contributed by atoms with Gasteiger partial charge < -0.3 is 25.0 Å². The van der Waals surface area contributed by atoms with Crippen LogP contribution in [-0.2, 0) is 6.54 Å². The highest BCUT2D eigenvalue weighted by Gasteiger charge is 2.24. The van der Waals surface area contributed by atoms with Crippen LogP contribution in [0.3, 0.4) is 0 Å². The second kappa shape index (κ2) is 10.4. The first-order chi connectivity index (χ1) is 14.6. The Morgan fingerprint density at radius 1 is 1.17 bits per heavy atom. The summed E-state index contributed by atoms with van der Waals surface area (Å²) in [6.07, 6.45) is 1.01. The summed E-state index contributed by atoms with van der Waals surface area (Å²) >= 11 is 0. The predicted octanol–water partition coefficient (Wildman–Crippen LogP) is 2.91. The number of ether oxygens (including phenoxy) is 2. The number of methoxy groups -OCH3 is 2. The Labute approximate surface area is 178 Å². The second-order valence-electron chi connectivity index (χ2n) is 7.15. The fourth-order valence-corrected chi connectivity index (χ4v) is 3.46. The summed E-state index contributed by atoms with van der Waals surface area (Å²) in [6, 6.07) is 15.9. The Hall–Kier alpha value is -3.40. The maximum Gasteiger partial charge on any atom is 0.191 e. The molecule has 1 fully saturated rings. The largest absolute Gasteiger partial charge is 0.497 e. The van der Waals surface area contributed by atoms with Crippen LogP contribution >= 0.6 is 0 Å². The Kier molecular flexibility index (Phi) is 7.39. The van der Waals surface area contributed by atoms with Gasteiger partial charge in [-0.05, 0) is 31.0 Å². The van der Waals surface area contributed by atoms with Crippen LogP contribution in [0.5, 0.6) is 11.5 Å². The Morgan fingerprint density at radius 2 is 1.87 bits per heavy atom. The van der Waals surface area contributed by atoms with Crippen LogP contribution in [-0.4, -0.2) is 45.9 Å². The average Bonchev–Trinajstić information content (AvgIpc) is 3.26. The van der Waals surface area contributed by atoms with Gasteiger partial charge in [0.25, 0.3) is 0 Å². The lowest BCUT2D eigenvalue weighted by molar-refractivity contribution is 0.394. The van der Waals surface area contributed by atoms with E-state index in [1.807, 2.05) is 42.5 Å².